The minimum atomic E-state index is -0.664. The lowest BCUT2D eigenvalue weighted by molar-refractivity contribution is -0.885. The second-order valence-corrected chi connectivity index (χ2v) is 5.80. The lowest BCUT2D eigenvalue weighted by Gasteiger charge is -2.16. The fourth-order valence-corrected chi connectivity index (χ4v) is 2.49. The number of rotatable bonds is 6. The molecule has 128 valence electrons. The average molecular weight is 335 g/mol. The largest absolute Gasteiger partial charge is 0.496 e. The molecule has 0 radical (unpaired) electrons. The van der Waals surface area contributed by atoms with Crippen molar-refractivity contribution >= 4 is 11.6 Å². The zero-order valence-electron chi connectivity index (χ0n) is 14.0. The van der Waals surface area contributed by atoms with Gasteiger partial charge in [-0.3, -0.25) is 4.79 Å². The van der Waals surface area contributed by atoms with E-state index in [1.54, 1.807) is 7.11 Å². The normalized spacial score (nSPS) is 11.9. The van der Waals surface area contributed by atoms with Crippen LogP contribution in [0.25, 0.3) is 0 Å². The van der Waals surface area contributed by atoms with Gasteiger partial charge in [0, 0.05) is 11.6 Å². The zero-order chi connectivity index (χ0) is 17.7. The van der Waals surface area contributed by atoms with Crippen LogP contribution in [-0.2, 0) is 11.3 Å². The van der Waals surface area contributed by atoms with Crippen LogP contribution in [0.2, 0.25) is 0 Å². The Bertz CT molecular complexity index is 735. The van der Waals surface area contributed by atoms with Crippen molar-refractivity contribution in [3.8, 4) is 5.75 Å². The van der Waals surface area contributed by atoms with Gasteiger partial charge in [-0.1, -0.05) is 11.6 Å². The topological polar surface area (TPSA) is 42.8 Å². The Hall–Kier alpha value is -2.47. The Kier molecular flexibility index (Phi) is 5.87. The van der Waals surface area contributed by atoms with Gasteiger partial charge in [0.1, 0.15) is 23.9 Å². The summed E-state index contributed by atoms with van der Waals surface area (Å²) in [6, 6.07) is 8.81. The Morgan fingerprint density at radius 3 is 2.67 bits per heavy atom. The molecule has 1 atom stereocenters. The van der Waals surface area contributed by atoms with Gasteiger partial charge >= 0.3 is 0 Å². The van der Waals surface area contributed by atoms with E-state index in [2.05, 4.69) is 5.32 Å². The molecule has 0 aliphatic rings. The number of halogens is 2. The van der Waals surface area contributed by atoms with Crippen molar-refractivity contribution in [1.29, 1.82) is 0 Å². The number of quaternary nitrogens is 1. The van der Waals surface area contributed by atoms with Crippen LogP contribution >= 0.6 is 0 Å². The second-order valence-electron chi connectivity index (χ2n) is 5.80. The summed E-state index contributed by atoms with van der Waals surface area (Å²) in [6.07, 6.45) is 0. The molecule has 2 rings (SSSR count). The highest BCUT2D eigenvalue weighted by molar-refractivity contribution is 5.91. The van der Waals surface area contributed by atoms with Gasteiger partial charge < -0.3 is 15.0 Å². The molecule has 2 aromatic carbocycles. The van der Waals surface area contributed by atoms with Gasteiger partial charge in [-0.25, -0.2) is 8.78 Å². The average Bonchev–Trinajstić information content (AvgIpc) is 2.51. The molecule has 2 N–H and O–H groups in total. The van der Waals surface area contributed by atoms with Crippen molar-refractivity contribution < 1.29 is 23.2 Å². The van der Waals surface area contributed by atoms with Crippen molar-refractivity contribution in [3.05, 3.63) is 59.2 Å². The first-order valence-electron chi connectivity index (χ1n) is 7.58. The smallest absolute Gasteiger partial charge is 0.279 e. The van der Waals surface area contributed by atoms with Crippen molar-refractivity contribution in [2.75, 3.05) is 26.0 Å². The molecule has 0 saturated carbocycles. The molecular formula is C18H21F2N2O2+. The lowest BCUT2D eigenvalue weighted by atomic mass is 10.1. The number of carbonyl (C=O) groups is 1. The maximum atomic E-state index is 13.6. The van der Waals surface area contributed by atoms with Crippen LogP contribution in [-0.4, -0.2) is 26.6 Å². The molecule has 0 heterocycles. The van der Waals surface area contributed by atoms with Crippen LogP contribution in [0.4, 0.5) is 14.5 Å². The summed E-state index contributed by atoms with van der Waals surface area (Å²) in [7, 11) is 3.45. The highest BCUT2D eigenvalue weighted by Crippen LogP contribution is 2.18. The molecule has 0 saturated heterocycles. The van der Waals surface area contributed by atoms with E-state index in [0.29, 0.717) is 6.54 Å². The first-order valence-corrected chi connectivity index (χ1v) is 7.58. The number of likely N-dealkylation sites (N-methyl/N-ethyl adjacent to an activating group) is 1. The van der Waals surface area contributed by atoms with E-state index in [1.165, 1.54) is 0 Å². The Morgan fingerprint density at radius 1 is 1.21 bits per heavy atom. The van der Waals surface area contributed by atoms with Crippen LogP contribution in [0.1, 0.15) is 11.1 Å². The maximum absolute atomic E-state index is 13.6. The molecule has 4 nitrogen and oxygen atoms in total. The second kappa shape index (κ2) is 7.88. The number of hydrogen-bond acceptors (Lipinski definition) is 2. The van der Waals surface area contributed by atoms with Gasteiger partial charge in [-0.15, -0.1) is 0 Å². The van der Waals surface area contributed by atoms with E-state index in [0.717, 1.165) is 40.0 Å². The molecular weight excluding hydrogens is 314 g/mol. The van der Waals surface area contributed by atoms with Crippen LogP contribution in [0.3, 0.4) is 0 Å². The summed E-state index contributed by atoms with van der Waals surface area (Å²) in [4.78, 5) is 12.9. The van der Waals surface area contributed by atoms with Gasteiger partial charge in [0.05, 0.1) is 19.8 Å². The molecule has 0 aromatic heterocycles. The SMILES string of the molecule is COc1ccc(C)cc1C[NH+](C)CC(=O)Nc1cc(F)ccc1F. The van der Waals surface area contributed by atoms with Crippen LogP contribution in [0, 0.1) is 18.6 Å². The number of benzene rings is 2. The summed E-state index contributed by atoms with van der Waals surface area (Å²) in [5.74, 6) is -0.889. The number of carbonyl (C=O) groups excluding carboxylic acids is 1. The Labute approximate surface area is 140 Å². The lowest BCUT2D eigenvalue weighted by Crippen LogP contribution is -3.08. The summed E-state index contributed by atoms with van der Waals surface area (Å²) >= 11 is 0. The first kappa shape index (κ1) is 17.9. The highest BCUT2D eigenvalue weighted by Gasteiger charge is 2.15. The molecule has 2 aromatic rings. The third-order valence-corrected chi connectivity index (χ3v) is 3.59. The van der Waals surface area contributed by atoms with E-state index in [-0.39, 0.29) is 18.1 Å². The summed E-state index contributed by atoms with van der Waals surface area (Å²) in [6.45, 7) is 2.68. The van der Waals surface area contributed by atoms with E-state index in [4.69, 9.17) is 4.74 Å². The molecule has 0 fully saturated rings. The van der Waals surface area contributed by atoms with Gasteiger partial charge in [-0.2, -0.15) is 0 Å². The number of methoxy groups -OCH3 is 1. The van der Waals surface area contributed by atoms with Gasteiger partial charge in [0.2, 0.25) is 0 Å². The van der Waals surface area contributed by atoms with Crippen LogP contribution in [0.15, 0.2) is 36.4 Å². The molecule has 0 aliphatic heterocycles. The van der Waals surface area contributed by atoms with E-state index >= 15 is 0 Å². The summed E-state index contributed by atoms with van der Waals surface area (Å²) in [5.41, 5.74) is 1.94. The predicted octanol–water partition coefficient (Wildman–Crippen LogP) is 1.94. The van der Waals surface area contributed by atoms with E-state index < -0.39 is 11.6 Å². The molecule has 0 aliphatic carbocycles. The number of anilines is 1. The van der Waals surface area contributed by atoms with Crippen molar-refractivity contribution in [1.82, 2.24) is 0 Å². The van der Waals surface area contributed by atoms with E-state index in [9.17, 15) is 13.6 Å². The molecule has 6 heteroatoms. The molecule has 24 heavy (non-hydrogen) atoms. The molecule has 1 amide bonds. The van der Waals surface area contributed by atoms with Crippen molar-refractivity contribution in [2.45, 2.75) is 13.5 Å². The fraction of sp³-hybridized carbons (Fsp3) is 0.278. The molecule has 1 unspecified atom stereocenters. The van der Waals surface area contributed by atoms with E-state index in [1.807, 2.05) is 32.2 Å². The number of hydrogen-bond donors (Lipinski definition) is 2. The minimum absolute atomic E-state index is 0.118. The molecule has 0 bridgehead atoms. The first-order chi connectivity index (χ1) is 11.4. The number of nitrogens with one attached hydrogen (secondary N) is 2. The third-order valence-electron chi connectivity index (χ3n) is 3.59. The zero-order valence-corrected chi connectivity index (χ0v) is 14.0. The minimum Gasteiger partial charge on any atom is -0.496 e. The van der Waals surface area contributed by atoms with Gasteiger partial charge in [-0.05, 0) is 31.2 Å². The van der Waals surface area contributed by atoms with Crippen LogP contribution < -0.4 is 15.0 Å². The number of amides is 1. The number of ether oxygens (including phenoxy) is 1. The number of aryl methyl sites for hydroxylation is 1. The maximum Gasteiger partial charge on any atom is 0.279 e. The van der Waals surface area contributed by atoms with Gasteiger partial charge in [0.15, 0.2) is 6.54 Å². The fourth-order valence-electron chi connectivity index (χ4n) is 2.49. The predicted molar refractivity (Wildman–Crippen MR) is 88.2 cm³/mol. The summed E-state index contributed by atoms with van der Waals surface area (Å²) in [5, 5.41) is 2.40. The molecule has 0 spiro atoms. The van der Waals surface area contributed by atoms with Crippen LogP contribution in [0.5, 0.6) is 5.75 Å². The standard InChI is InChI=1S/C18H20F2N2O2/c1-12-4-7-17(24-3)13(8-12)10-22(2)11-18(23)21-16-9-14(19)5-6-15(16)20/h4-9H,10-11H2,1-3H3,(H,21,23)/p+1. The quantitative estimate of drug-likeness (QED) is 0.847. The van der Waals surface area contributed by atoms with Gasteiger partial charge in [0.25, 0.3) is 5.91 Å². The highest BCUT2D eigenvalue weighted by atomic mass is 19.1. The monoisotopic (exact) mass is 335 g/mol. The third kappa shape index (κ3) is 4.76. The van der Waals surface area contributed by atoms with Crippen molar-refractivity contribution in [3.63, 3.8) is 0 Å². The Balaban J connectivity index is 1.99. The van der Waals surface area contributed by atoms with Crippen molar-refractivity contribution in [2.24, 2.45) is 0 Å². The summed E-state index contributed by atoms with van der Waals surface area (Å²) < 4.78 is 32.0. The Morgan fingerprint density at radius 2 is 1.96 bits per heavy atom.